The van der Waals surface area contributed by atoms with E-state index in [2.05, 4.69) is 28.3 Å². The molecule has 0 spiro atoms. The number of aromatic nitrogens is 2. The van der Waals surface area contributed by atoms with Crippen LogP contribution in [0.25, 0.3) is 10.2 Å². The lowest BCUT2D eigenvalue weighted by molar-refractivity contribution is -0.120. The number of aryl methyl sites for hydroxylation is 1. The van der Waals surface area contributed by atoms with Gasteiger partial charge in [-0.3, -0.25) is 4.79 Å². The number of hydrogen-bond donors (Lipinski definition) is 1. The summed E-state index contributed by atoms with van der Waals surface area (Å²) in [5.41, 5.74) is 0.714. The van der Waals surface area contributed by atoms with Gasteiger partial charge in [0.25, 0.3) is 0 Å². The molecule has 0 unspecified atom stereocenters. The molecular weight excluding hydrogens is 376 g/mol. The van der Waals surface area contributed by atoms with E-state index in [1.165, 1.54) is 28.6 Å². The number of thioether (sulfide) groups is 1. The topological polar surface area (TPSA) is 78.7 Å². The highest BCUT2D eigenvalue weighted by molar-refractivity contribution is 8.00. The van der Waals surface area contributed by atoms with E-state index >= 15 is 0 Å². The third kappa shape index (κ3) is 3.83. The van der Waals surface area contributed by atoms with Gasteiger partial charge in [0.05, 0.1) is 11.8 Å². The van der Waals surface area contributed by atoms with E-state index in [9.17, 15) is 10.1 Å². The summed E-state index contributed by atoms with van der Waals surface area (Å²) in [7, 11) is 0. The van der Waals surface area contributed by atoms with Crippen molar-refractivity contribution in [2.75, 3.05) is 5.75 Å². The van der Waals surface area contributed by atoms with E-state index in [4.69, 9.17) is 0 Å². The molecule has 7 heteroatoms. The Labute approximate surface area is 168 Å². The standard InChI is InChI=1S/C20H24N4OS2/c1-13-5-6-14-15(9-13)27-19-17(14)18(22-12-23-19)26-10-16(25)24-20(11-21)7-3-2-4-8-20/h12-13H,2-10H2,1H3,(H,24,25)/t13-/m1/s1. The fourth-order valence-electron chi connectivity index (χ4n) is 4.21. The second kappa shape index (κ2) is 7.76. The summed E-state index contributed by atoms with van der Waals surface area (Å²) < 4.78 is 0. The fraction of sp³-hybridized carbons (Fsp3) is 0.600. The van der Waals surface area contributed by atoms with Crippen molar-refractivity contribution in [2.45, 2.75) is 68.9 Å². The molecule has 142 valence electrons. The molecule has 4 rings (SSSR count). The van der Waals surface area contributed by atoms with Gasteiger partial charge in [0.2, 0.25) is 5.91 Å². The van der Waals surface area contributed by atoms with Crippen LogP contribution in [0.3, 0.4) is 0 Å². The summed E-state index contributed by atoms with van der Waals surface area (Å²) in [4.78, 5) is 23.9. The van der Waals surface area contributed by atoms with Crippen molar-refractivity contribution >= 4 is 39.2 Å². The van der Waals surface area contributed by atoms with Gasteiger partial charge >= 0.3 is 0 Å². The molecule has 1 amide bonds. The van der Waals surface area contributed by atoms with Gasteiger partial charge in [0.1, 0.15) is 21.7 Å². The average molecular weight is 401 g/mol. The summed E-state index contributed by atoms with van der Waals surface area (Å²) in [5.74, 6) is 0.933. The zero-order valence-corrected chi connectivity index (χ0v) is 17.2. The lowest BCUT2D eigenvalue weighted by Crippen LogP contribution is -2.49. The molecule has 27 heavy (non-hydrogen) atoms. The predicted molar refractivity (Wildman–Crippen MR) is 109 cm³/mol. The minimum atomic E-state index is -0.672. The van der Waals surface area contributed by atoms with E-state index in [-0.39, 0.29) is 11.7 Å². The molecule has 1 fully saturated rings. The van der Waals surface area contributed by atoms with Crippen LogP contribution in [0.2, 0.25) is 0 Å². The minimum Gasteiger partial charge on any atom is -0.337 e. The van der Waals surface area contributed by atoms with Gasteiger partial charge in [-0.25, -0.2) is 9.97 Å². The minimum absolute atomic E-state index is 0.0760. The van der Waals surface area contributed by atoms with Crippen LogP contribution in [0, 0.1) is 17.2 Å². The van der Waals surface area contributed by atoms with E-state index in [1.807, 2.05) is 0 Å². The normalized spacial score (nSPS) is 21.4. The first-order chi connectivity index (χ1) is 13.1. The number of nitrogens with one attached hydrogen (secondary N) is 1. The van der Waals surface area contributed by atoms with Crippen molar-refractivity contribution in [3.63, 3.8) is 0 Å². The van der Waals surface area contributed by atoms with Gasteiger partial charge in [-0.15, -0.1) is 11.3 Å². The smallest absolute Gasteiger partial charge is 0.231 e. The Balaban J connectivity index is 1.49. The van der Waals surface area contributed by atoms with Crippen LogP contribution in [0.4, 0.5) is 0 Å². The maximum Gasteiger partial charge on any atom is 0.231 e. The molecular formula is C20H24N4OS2. The molecule has 1 N–H and O–H groups in total. The first kappa shape index (κ1) is 18.7. The van der Waals surface area contributed by atoms with Crippen molar-refractivity contribution in [3.8, 4) is 6.07 Å². The molecule has 0 aromatic carbocycles. The summed E-state index contributed by atoms with van der Waals surface area (Å²) >= 11 is 3.24. The Bertz CT molecular complexity index is 895. The van der Waals surface area contributed by atoms with Crippen molar-refractivity contribution in [3.05, 3.63) is 16.8 Å². The molecule has 1 saturated carbocycles. The Morgan fingerprint density at radius 1 is 1.41 bits per heavy atom. The molecule has 1 atom stereocenters. The number of amides is 1. The largest absolute Gasteiger partial charge is 0.337 e. The number of rotatable bonds is 4. The number of nitriles is 1. The highest BCUT2D eigenvalue weighted by Gasteiger charge is 2.33. The monoisotopic (exact) mass is 400 g/mol. The Morgan fingerprint density at radius 2 is 2.22 bits per heavy atom. The quantitative estimate of drug-likeness (QED) is 0.613. The summed E-state index contributed by atoms with van der Waals surface area (Å²) in [6.45, 7) is 2.30. The van der Waals surface area contributed by atoms with Gasteiger partial charge in [0.15, 0.2) is 0 Å². The lowest BCUT2D eigenvalue weighted by atomic mass is 9.83. The molecule has 2 aromatic rings. The van der Waals surface area contributed by atoms with Crippen LogP contribution in [0.5, 0.6) is 0 Å². The van der Waals surface area contributed by atoms with E-state index in [0.717, 1.165) is 66.1 Å². The molecule has 0 saturated heterocycles. The zero-order valence-electron chi connectivity index (χ0n) is 15.6. The van der Waals surface area contributed by atoms with Crippen molar-refractivity contribution in [1.29, 1.82) is 5.26 Å². The third-order valence-electron chi connectivity index (χ3n) is 5.70. The van der Waals surface area contributed by atoms with Crippen molar-refractivity contribution in [2.24, 2.45) is 5.92 Å². The Hall–Kier alpha value is -1.65. The predicted octanol–water partition coefficient (Wildman–Crippen LogP) is 4.25. The molecule has 0 bridgehead atoms. The Morgan fingerprint density at radius 3 is 3.00 bits per heavy atom. The van der Waals surface area contributed by atoms with Crippen LogP contribution in [-0.4, -0.2) is 27.2 Å². The summed E-state index contributed by atoms with van der Waals surface area (Å²) in [6.07, 6.45) is 9.66. The first-order valence-electron chi connectivity index (χ1n) is 9.70. The van der Waals surface area contributed by atoms with Gasteiger partial charge in [-0.1, -0.05) is 37.9 Å². The number of fused-ring (bicyclic) bond motifs is 3. The SMILES string of the molecule is C[C@@H]1CCc2c(sc3ncnc(SCC(=O)NC4(C#N)CCCCC4)c23)C1. The Kier molecular flexibility index (Phi) is 5.38. The highest BCUT2D eigenvalue weighted by atomic mass is 32.2. The number of carbonyl (C=O) groups excluding carboxylic acids is 1. The van der Waals surface area contributed by atoms with Gasteiger partial charge in [0, 0.05) is 10.3 Å². The fourth-order valence-corrected chi connectivity index (χ4v) is 6.45. The molecule has 0 aliphatic heterocycles. The molecule has 2 heterocycles. The average Bonchev–Trinajstić information content (AvgIpc) is 3.05. The van der Waals surface area contributed by atoms with Crippen molar-refractivity contribution in [1.82, 2.24) is 15.3 Å². The first-order valence-corrected chi connectivity index (χ1v) is 11.5. The maximum absolute atomic E-state index is 12.5. The van der Waals surface area contributed by atoms with Gasteiger partial charge < -0.3 is 5.32 Å². The third-order valence-corrected chi connectivity index (χ3v) is 7.85. The number of thiophene rings is 1. The molecule has 5 nitrogen and oxygen atoms in total. The molecule has 2 aliphatic carbocycles. The highest BCUT2D eigenvalue weighted by Crippen LogP contribution is 2.40. The van der Waals surface area contributed by atoms with Crippen LogP contribution in [-0.2, 0) is 17.6 Å². The van der Waals surface area contributed by atoms with E-state index in [0.29, 0.717) is 0 Å². The van der Waals surface area contributed by atoms with Crippen LogP contribution in [0.15, 0.2) is 11.4 Å². The number of hydrogen-bond acceptors (Lipinski definition) is 6. The second-order valence-corrected chi connectivity index (χ2v) is 9.85. The van der Waals surface area contributed by atoms with Crippen LogP contribution in [0.1, 0.15) is 55.9 Å². The van der Waals surface area contributed by atoms with E-state index in [1.54, 1.807) is 17.7 Å². The van der Waals surface area contributed by atoms with Gasteiger partial charge in [-0.2, -0.15) is 5.26 Å². The number of carbonyl (C=O) groups is 1. The number of nitrogens with zero attached hydrogens (tertiary/aromatic N) is 3. The van der Waals surface area contributed by atoms with Crippen molar-refractivity contribution < 1.29 is 4.79 Å². The lowest BCUT2D eigenvalue weighted by Gasteiger charge is -2.31. The molecule has 0 radical (unpaired) electrons. The molecule has 2 aromatic heterocycles. The molecule has 2 aliphatic rings. The maximum atomic E-state index is 12.5. The summed E-state index contributed by atoms with van der Waals surface area (Å²) in [5, 5.41) is 14.6. The summed E-state index contributed by atoms with van der Waals surface area (Å²) in [6, 6.07) is 2.35. The second-order valence-electron chi connectivity index (χ2n) is 7.80. The van der Waals surface area contributed by atoms with Crippen LogP contribution < -0.4 is 5.32 Å². The van der Waals surface area contributed by atoms with Crippen LogP contribution >= 0.6 is 23.1 Å². The van der Waals surface area contributed by atoms with E-state index < -0.39 is 5.54 Å². The zero-order chi connectivity index (χ0) is 18.9. The van der Waals surface area contributed by atoms with Gasteiger partial charge in [-0.05, 0) is 43.6 Å².